The fraction of sp³-hybridized carbons (Fsp3) is 0.412. The number of rotatable bonds is 6. The van der Waals surface area contributed by atoms with E-state index in [-0.39, 0.29) is 6.04 Å². The van der Waals surface area contributed by atoms with Gasteiger partial charge in [-0.3, -0.25) is 9.97 Å². The summed E-state index contributed by atoms with van der Waals surface area (Å²) in [6.07, 6.45) is 3.49. The van der Waals surface area contributed by atoms with Crippen molar-refractivity contribution in [3.8, 4) is 0 Å². The summed E-state index contributed by atoms with van der Waals surface area (Å²) >= 11 is 0. The fourth-order valence-electron chi connectivity index (χ4n) is 2.50. The van der Waals surface area contributed by atoms with E-state index in [1.54, 1.807) is 12.4 Å². The molecule has 0 radical (unpaired) electrons. The van der Waals surface area contributed by atoms with Crippen LogP contribution in [0.3, 0.4) is 0 Å². The second-order valence-corrected chi connectivity index (χ2v) is 5.55. The SMILES string of the molecule is Cc1nccnc1C(C)NCC(c1ccccc1)N(C)C. The number of hydrogen-bond donors (Lipinski definition) is 1. The van der Waals surface area contributed by atoms with Gasteiger partial charge in [0, 0.05) is 31.0 Å². The third kappa shape index (κ3) is 4.09. The molecule has 0 amide bonds. The van der Waals surface area contributed by atoms with Crippen LogP contribution in [0, 0.1) is 6.92 Å². The van der Waals surface area contributed by atoms with Gasteiger partial charge < -0.3 is 10.2 Å². The van der Waals surface area contributed by atoms with Gasteiger partial charge >= 0.3 is 0 Å². The van der Waals surface area contributed by atoms with E-state index in [1.165, 1.54) is 5.56 Å². The third-order valence-corrected chi connectivity index (χ3v) is 3.75. The van der Waals surface area contributed by atoms with E-state index in [9.17, 15) is 0 Å². The number of hydrogen-bond acceptors (Lipinski definition) is 4. The molecule has 2 unspecified atom stereocenters. The molecule has 0 aliphatic heterocycles. The Balaban J connectivity index is 2.04. The van der Waals surface area contributed by atoms with Gasteiger partial charge in [0.2, 0.25) is 0 Å². The van der Waals surface area contributed by atoms with Crippen molar-refractivity contribution >= 4 is 0 Å². The van der Waals surface area contributed by atoms with Gasteiger partial charge in [-0.15, -0.1) is 0 Å². The normalized spacial score (nSPS) is 14.1. The fourth-order valence-corrected chi connectivity index (χ4v) is 2.50. The van der Waals surface area contributed by atoms with Crippen LogP contribution in [0.25, 0.3) is 0 Å². The number of nitrogens with one attached hydrogen (secondary N) is 1. The zero-order valence-corrected chi connectivity index (χ0v) is 13.2. The lowest BCUT2D eigenvalue weighted by molar-refractivity contribution is 0.281. The van der Waals surface area contributed by atoms with Crippen LogP contribution in [0.1, 0.15) is 36.0 Å². The maximum absolute atomic E-state index is 4.44. The topological polar surface area (TPSA) is 41.1 Å². The minimum atomic E-state index is 0.185. The summed E-state index contributed by atoms with van der Waals surface area (Å²) in [6.45, 7) is 5.00. The first-order chi connectivity index (χ1) is 10.1. The van der Waals surface area contributed by atoms with Crippen LogP contribution in [-0.4, -0.2) is 35.5 Å². The van der Waals surface area contributed by atoms with Crippen molar-refractivity contribution in [3.05, 3.63) is 59.7 Å². The first-order valence-corrected chi connectivity index (χ1v) is 7.32. The highest BCUT2D eigenvalue weighted by molar-refractivity contribution is 5.19. The molecule has 21 heavy (non-hydrogen) atoms. The lowest BCUT2D eigenvalue weighted by Crippen LogP contribution is -2.33. The van der Waals surface area contributed by atoms with Crippen molar-refractivity contribution in [1.29, 1.82) is 0 Å². The van der Waals surface area contributed by atoms with Crippen LogP contribution in [0.5, 0.6) is 0 Å². The number of nitrogens with zero attached hydrogens (tertiary/aromatic N) is 3. The second-order valence-electron chi connectivity index (χ2n) is 5.55. The molecule has 0 saturated carbocycles. The van der Waals surface area contributed by atoms with Crippen LogP contribution in [0.4, 0.5) is 0 Å². The van der Waals surface area contributed by atoms with Gasteiger partial charge in [0.05, 0.1) is 11.4 Å². The van der Waals surface area contributed by atoms with Crippen molar-refractivity contribution in [2.24, 2.45) is 0 Å². The summed E-state index contributed by atoms with van der Waals surface area (Å²) < 4.78 is 0. The number of likely N-dealkylation sites (N-methyl/N-ethyl adjacent to an activating group) is 1. The molecular weight excluding hydrogens is 260 g/mol. The molecule has 1 N–H and O–H groups in total. The predicted octanol–water partition coefficient (Wildman–Crippen LogP) is 2.74. The van der Waals surface area contributed by atoms with Gasteiger partial charge in [-0.1, -0.05) is 30.3 Å². The molecule has 0 saturated heterocycles. The van der Waals surface area contributed by atoms with E-state index in [0.717, 1.165) is 17.9 Å². The summed E-state index contributed by atoms with van der Waals surface area (Å²) in [5, 5.41) is 3.58. The maximum Gasteiger partial charge on any atom is 0.0782 e. The lowest BCUT2D eigenvalue weighted by atomic mass is 10.1. The summed E-state index contributed by atoms with van der Waals surface area (Å²) in [6, 6.07) is 11.1. The van der Waals surface area contributed by atoms with E-state index in [1.807, 2.05) is 6.92 Å². The Morgan fingerprint density at radius 1 is 1.10 bits per heavy atom. The summed E-state index contributed by atoms with van der Waals surface area (Å²) in [5.74, 6) is 0. The Morgan fingerprint density at radius 2 is 1.76 bits per heavy atom. The Morgan fingerprint density at radius 3 is 2.38 bits per heavy atom. The molecular formula is C17H24N4. The molecule has 1 aromatic carbocycles. The van der Waals surface area contributed by atoms with Crippen molar-refractivity contribution in [2.45, 2.75) is 25.9 Å². The molecule has 0 aliphatic carbocycles. The van der Waals surface area contributed by atoms with Crippen molar-refractivity contribution in [2.75, 3.05) is 20.6 Å². The average Bonchev–Trinajstić information content (AvgIpc) is 2.48. The van der Waals surface area contributed by atoms with E-state index in [2.05, 4.69) is 71.5 Å². The van der Waals surface area contributed by atoms with Crippen LogP contribution in [0.15, 0.2) is 42.7 Å². The molecule has 4 heteroatoms. The van der Waals surface area contributed by atoms with Crippen LogP contribution in [-0.2, 0) is 0 Å². The summed E-state index contributed by atoms with van der Waals surface area (Å²) in [7, 11) is 4.22. The first kappa shape index (κ1) is 15.6. The van der Waals surface area contributed by atoms with Gasteiger partial charge in [-0.05, 0) is 33.5 Å². The average molecular weight is 284 g/mol. The second kappa shape index (κ2) is 7.29. The minimum absolute atomic E-state index is 0.185. The molecule has 112 valence electrons. The Bertz CT molecular complexity index is 554. The quantitative estimate of drug-likeness (QED) is 0.885. The van der Waals surface area contributed by atoms with Crippen molar-refractivity contribution < 1.29 is 0 Å². The van der Waals surface area contributed by atoms with Gasteiger partial charge in [0.25, 0.3) is 0 Å². The number of benzene rings is 1. The minimum Gasteiger partial charge on any atom is -0.307 e. The smallest absolute Gasteiger partial charge is 0.0782 e. The Labute approximate surface area is 127 Å². The molecule has 1 aromatic heterocycles. The highest BCUT2D eigenvalue weighted by atomic mass is 15.1. The molecule has 2 aromatic rings. The molecule has 0 spiro atoms. The first-order valence-electron chi connectivity index (χ1n) is 7.32. The van der Waals surface area contributed by atoms with Crippen LogP contribution in [0.2, 0.25) is 0 Å². The van der Waals surface area contributed by atoms with E-state index in [4.69, 9.17) is 0 Å². The van der Waals surface area contributed by atoms with Crippen LogP contribution >= 0.6 is 0 Å². The molecule has 0 aliphatic rings. The van der Waals surface area contributed by atoms with Gasteiger partial charge in [0.15, 0.2) is 0 Å². The molecule has 4 nitrogen and oxygen atoms in total. The summed E-state index contributed by atoms with van der Waals surface area (Å²) in [5.41, 5.74) is 3.32. The molecule has 2 atom stereocenters. The molecule has 0 fully saturated rings. The molecule has 2 rings (SSSR count). The zero-order chi connectivity index (χ0) is 15.2. The Hall–Kier alpha value is -1.78. The van der Waals surface area contributed by atoms with E-state index >= 15 is 0 Å². The molecule has 0 bridgehead atoms. The van der Waals surface area contributed by atoms with E-state index < -0.39 is 0 Å². The third-order valence-electron chi connectivity index (χ3n) is 3.75. The highest BCUT2D eigenvalue weighted by Gasteiger charge is 2.16. The lowest BCUT2D eigenvalue weighted by Gasteiger charge is -2.27. The largest absolute Gasteiger partial charge is 0.307 e. The number of aromatic nitrogens is 2. The standard InChI is InChI=1S/C17H24N4/c1-13-17(19-11-10-18-13)14(2)20-12-16(21(3)4)15-8-6-5-7-9-15/h5-11,14,16,20H,12H2,1-4H3. The maximum atomic E-state index is 4.44. The monoisotopic (exact) mass is 284 g/mol. The zero-order valence-electron chi connectivity index (χ0n) is 13.2. The summed E-state index contributed by atoms with van der Waals surface area (Å²) in [4.78, 5) is 11.0. The number of aryl methyl sites for hydroxylation is 1. The van der Waals surface area contributed by atoms with Crippen molar-refractivity contribution in [1.82, 2.24) is 20.2 Å². The van der Waals surface area contributed by atoms with Crippen molar-refractivity contribution in [3.63, 3.8) is 0 Å². The van der Waals surface area contributed by atoms with Gasteiger partial charge in [-0.25, -0.2) is 0 Å². The predicted molar refractivity (Wildman–Crippen MR) is 86.1 cm³/mol. The Kier molecular flexibility index (Phi) is 5.42. The van der Waals surface area contributed by atoms with E-state index in [0.29, 0.717) is 6.04 Å². The van der Waals surface area contributed by atoms with Gasteiger partial charge in [-0.2, -0.15) is 0 Å². The highest BCUT2D eigenvalue weighted by Crippen LogP contribution is 2.19. The molecule has 1 heterocycles. The van der Waals surface area contributed by atoms with Gasteiger partial charge in [0.1, 0.15) is 0 Å². The van der Waals surface area contributed by atoms with Crippen LogP contribution < -0.4 is 5.32 Å².